The Labute approximate surface area is 262 Å². The quantitative estimate of drug-likeness (QED) is 0.0724. The van der Waals surface area contributed by atoms with Crippen molar-refractivity contribution in [1.82, 2.24) is 5.43 Å². The lowest BCUT2D eigenvalue weighted by atomic mass is 10.1. The molecule has 14 nitrogen and oxygen atoms in total. The van der Waals surface area contributed by atoms with Gasteiger partial charge in [0.05, 0.1) is 45.1 Å². The SMILES string of the molecule is COc1ccc(C(=O)Oc2ccc([N+](=O)[O-])cc2/C=N/NC(=O)c2ccc(NC(=O)c3cc(OC)c(OC)c(OC)c3)cc2)cc1. The fourth-order valence-electron chi connectivity index (χ4n) is 4.07. The number of hydrazone groups is 1. The molecule has 0 radical (unpaired) electrons. The van der Waals surface area contributed by atoms with E-state index >= 15 is 0 Å². The van der Waals surface area contributed by atoms with Crippen molar-refractivity contribution in [2.24, 2.45) is 5.10 Å². The number of anilines is 1. The Morgan fingerprint density at radius 1 is 0.717 bits per heavy atom. The third-order valence-electron chi connectivity index (χ3n) is 6.43. The molecule has 0 aromatic heterocycles. The van der Waals surface area contributed by atoms with Crippen LogP contribution in [0.5, 0.6) is 28.7 Å². The summed E-state index contributed by atoms with van der Waals surface area (Å²) in [7, 11) is 5.82. The average Bonchev–Trinajstić information content (AvgIpc) is 3.08. The largest absolute Gasteiger partial charge is 0.497 e. The number of rotatable bonds is 12. The minimum Gasteiger partial charge on any atom is -0.497 e. The molecule has 0 aliphatic rings. The first-order valence-corrected chi connectivity index (χ1v) is 13.4. The number of non-ortho nitro benzene ring substituents is 1. The fourth-order valence-corrected chi connectivity index (χ4v) is 4.07. The van der Waals surface area contributed by atoms with E-state index in [1.54, 1.807) is 12.1 Å². The molecule has 0 fully saturated rings. The second-order valence-corrected chi connectivity index (χ2v) is 9.24. The number of nitro groups is 1. The molecule has 46 heavy (non-hydrogen) atoms. The first kappa shape index (κ1) is 32.5. The topological polar surface area (TPSA) is 177 Å². The van der Waals surface area contributed by atoms with Gasteiger partial charge >= 0.3 is 5.97 Å². The van der Waals surface area contributed by atoms with Gasteiger partial charge in [0.15, 0.2) is 11.5 Å². The van der Waals surface area contributed by atoms with E-state index in [2.05, 4.69) is 15.8 Å². The highest BCUT2D eigenvalue weighted by atomic mass is 16.6. The molecule has 2 N–H and O–H groups in total. The van der Waals surface area contributed by atoms with Crippen LogP contribution >= 0.6 is 0 Å². The number of methoxy groups -OCH3 is 4. The van der Waals surface area contributed by atoms with E-state index in [0.29, 0.717) is 28.7 Å². The number of nitrogens with zero attached hydrogens (tertiary/aromatic N) is 2. The number of amides is 2. The van der Waals surface area contributed by atoms with Crippen molar-refractivity contribution in [2.45, 2.75) is 0 Å². The molecule has 14 heteroatoms. The maximum absolute atomic E-state index is 12.9. The number of esters is 1. The summed E-state index contributed by atoms with van der Waals surface area (Å²) < 4.78 is 26.4. The Balaban J connectivity index is 1.43. The Morgan fingerprint density at radius 3 is 1.91 bits per heavy atom. The Morgan fingerprint density at radius 2 is 1.35 bits per heavy atom. The maximum atomic E-state index is 12.9. The van der Waals surface area contributed by atoms with Gasteiger partial charge in [-0.3, -0.25) is 19.7 Å². The van der Waals surface area contributed by atoms with Gasteiger partial charge in [-0.1, -0.05) is 0 Å². The van der Waals surface area contributed by atoms with Crippen LogP contribution in [0.15, 0.2) is 84.0 Å². The van der Waals surface area contributed by atoms with Crippen molar-refractivity contribution in [2.75, 3.05) is 33.8 Å². The minimum absolute atomic E-state index is 0.0170. The third-order valence-corrected chi connectivity index (χ3v) is 6.43. The summed E-state index contributed by atoms with van der Waals surface area (Å²) >= 11 is 0. The highest BCUT2D eigenvalue weighted by Crippen LogP contribution is 2.38. The molecule has 0 aliphatic heterocycles. The second-order valence-electron chi connectivity index (χ2n) is 9.24. The second kappa shape index (κ2) is 14.8. The van der Waals surface area contributed by atoms with Gasteiger partial charge in [-0.2, -0.15) is 5.10 Å². The summed E-state index contributed by atoms with van der Waals surface area (Å²) in [6.45, 7) is 0. The standard InChI is InChI=1S/C32H28N4O10/c1-42-25-12-7-20(8-13-25)32(39)46-26-14-11-24(36(40)41)15-22(26)18-33-35-31(38)19-5-9-23(10-6-19)34-30(37)21-16-27(43-2)29(45-4)28(17-21)44-3/h5-18H,1-4H3,(H,34,37)(H,35,38)/b33-18+. The third kappa shape index (κ3) is 7.74. The summed E-state index contributed by atoms with van der Waals surface area (Å²) in [6.07, 6.45) is 1.12. The van der Waals surface area contributed by atoms with Crippen molar-refractivity contribution in [3.63, 3.8) is 0 Å². The highest BCUT2D eigenvalue weighted by Gasteiger charge is 2.18. The average molecular weight is 629 g/mol. The zero-order valence-electron chi connectivity index (χ0n) is 25.1. The van der Waals surface area contributed by atoms with Crippen LogP contribution in [0.3, 0.4) is 0 Å². The Hall–Kier alpha value is -6.44. The van der Waals surface area contributed by atoms with Crippen LogP contribution in [-0.2, 0) is 0 Å². The van der Waals surface area contributed by atoms with E-state index in [0.717, 1.165) is 12.3 Å². The molecule has 4 rings (SSSR count). The summed E-state index contributed by atoms with van der Waals surface area (Å²) in [4.78, 5) is 48.9. The molecule has 4 aromatic rings. The van der Waals surface area contributed by atoms with Crippen molar-refractivity contribution < 1.29 is 43.0 Å². The number of benzene rings is 4. The number of hydrogen-bond acceptors (Lipinski definition) is 11. The van der Waals surface area contributed by atoms with E-state index in [9.17, 15) is 24.5 Å². The van der Waals surface area contributed by atoms with Crippen LogP contribution in [0.1, 0.15) is 36.6 Å². The van der Waals surface area contributed by atoms with E-state index in [1.165, 1.54) is 89.1 Å². The van der Waals surface area contributed by atoms with E-state index < -0.39 is 22.7 Å². The number of hydrogen-bond donors (Lipinski definition) is 2. The zero-order chi connectivity index (χ0) is 33.2. The van der Waals surface area contributed by atoms with Crippen LogP contribution in [-0.4, -0.2) is 57.4 Å². The lowest BCUT2D eigenvalue weighted by Crippen LogP contribution is -2.18. The molecule has 0 saturated carbocycles. The number of carbonyl (C=O) groups excluding carboxylic acids is 3. The first-order valence-electron chi connectivity index (χ1n) is 13.4. The summed E-state index contributed by atoms with van der Waals surface area (Å²) in [5.41, 5.74) is 3.19. The molecule has 0 saturated heterocycles. The Bertz CT molecular complexity index is 1760. The molecule has 0 heterocycles. The van der Waals surface area contributed by atoms with Gasteiger partial charge in [-0.25, -0.2) is 10.2 Å². The van der Waals surface area contributed by atoms with Gasteiger partial charge in [0, 0.05) is 34.5 Å². The number of nitro benzene ring substituents is 1. The van der Waals surface area contributed by atoms with Crippen LogP contribution in [0.25, 0.3) is 0 Å². The molecule has 236 valence electrons. The summed E-state index contributed by atoms with van der Waals surface area (Å²) in [6, 6.07) is 18.7. The van der Waals surface area contributed by atoms with Gasteiger partial charge < -0.3 is 29.0 Å². The molecular weight excluding hydrogens is 600 g/mol. The molecule has 4 aromatic carbocycles. The molecule has 0 spiro atoms. The number of ether oxygens (including phenoxy) is 5. The predicted molar refractivity (Wildman–Crippen MR) is 167 cm³/mol. The van der Waals surface area contributed by atoms with Crippen LogP contribution < -0.4 is 34.4 Å². The Kier molecular flexibility index (Phi) is 10.5. The van der Waals surface area contributed by atoms with Crippen molar-refractivity contribution in [3.05, 3.63) is 111 Å². The monoisotopic (exact) mass is 628 g/mol. The predicted octanol–water partition coefficient (Wildman–Crippen LogP) is 4.86. The molecule has 0 unspecified atom stereocenters. The van der Waals surface area contributed by atoms with Crippen LogP contribution in [0, 0.1) is 10.1 Å². The lowest BCUT2D eigenvalue weighted by molar-refractivity contribution is -0.384. The van der Waals surface area contributed by atoms with Gasteiger partial charge in [0.2, 0.25) is 5.75 Å². The van der Waals surface area contributed by atoms with E-state index in [-0.39, 0.29) is 33.7 Å². The lowest BCUT2D eigenvalue weighted by Gasteiger charge is -2.14. The van der Waals surface area contributed by atoms with Crippen molar-refractivity contribution >= 4 is 35.4 Å². The van der Waals surface area contributed by atoms with Gasteiger partial charge in [-0.05, 0) is 66.7 Å². The minimum atomic E-state index is -0.715. The van der Waals surface area contributed by atoms with Gasteiger partial charge in [0.25, 0.3) is 17.5 Å². The zero-order valence-corrected chi connectivity index (χ0v) is 25.1. The fraction of sp³-hybridized carbons (Fsp3) is 0.125. The van der Waals surface area contributed by atoms with Crippen LogP contribution in [0.4, 0.5) is 11.4 Å². The maximum Gasteiger partial charge on any atom is 0.343 e. The first-order chi connectivity index (χ1) is 22.2. The highest BCUT2D eigenvalue weighted by molar-refractivity contribution is 6.05. The molecular formula is C32H28N4O10. The normalized spacial score (nSPS) is 10.5. The molecule has 0 bridgehead atoms. The van der Waals surface area contributed by atoms with E-state index in [4.69, 9.17) is 23.7 Å². The van der Waals surface area contributed by atoms with Gasteiger partial charge in [-0.15, -0.1) is 0 Å². The molecule has 0 aliphatic carbocycles. The van der Waals surface area contributed by atoms with Crippen molar-refractivity contribution in [3.8, 4) is 28.7 Å². The van der Waals surface area contributed by atoms with E-state index in [1.807, 2.05) is 0 Å². The molecule has 0 atom stereocenters. The summed E-state index contributed by atoms with van der Waals surface area (Å²) in [5.74, 6) is -0.285. The van der Waals surface area contributed by atoms with Crippen molar-refractivity contribution in [1.29, 1.82) is 0 Å². The smallest absolute Gasteiger partial charge is 0.343 e. The van der Waals surface area contributed by atoms with Crippen LogP contribution in [0.2, 0.25) is 0 Å². The summed E-state index contributed by atoms with van der Waals surface area (Å²) in [5, 5.41) is 17.9. The number of nitrogens with one attached hydrogen (secondary N) is 2. The molecule has 2 amide bonds. The van der Waals surface area contributed by atoms with Gasteiger partial charge in [0.1, 0.15) is 11.5 Å². The number of carbonyl (C=O) groups is 3.